The molecule has 0 aliphatic rings. The molecule has 15 heavy (non-hydrogen) atoms. The van der Waals surface area contributed by atoms with E-state index in [1.807, 2.05) is 30.7 Å². The lowest BCUT2D eigenvalue weighted by Crippen LogP contribution is -1.93. The van der Waals surface area contributed by atoms with Crippen molar-refractivity contribution >= 4 is 6.08 Å². The third kappa shape index (κ3) is 3.70. The first-order valence-corrected chi connectivity index (χ1v) is 5.30. The first kappa shape index (κ1) is 11.7. The van der Waals surface area contributed by atoms with Crippen LogP contribution in [0.5, 0.6) is 0 Å². The summed E-state index contributed by atoms with van der Waals surface area (Å²) in [5, 5.41) is 8.02. The fraction of sp³-hybridized carbons (Fsp3) is 0.500. The molecule has 1 aromatic rings. The summed E-state index contributed by atoms with van der Waals surface area (Å²) in [4.78, 5) is 0. The van der Waals surface area contributed by atoms with E-state index in [0.717, 1.165) is 18.1 Å². The van der Waals surface area contributed by atoms with Gasteiger partial charge in [-0.25, -0.2) is 0 Å². The van der Waals surface area contributed by atoms with Gasteiger partial charge in [0.1, 0.15) is 5.82 Å². The Morgan fingerprint density at radius 2 is 2.00 bits per heavy atom. The highest BCUT2D eigenvalue weighted by Crippen LogP contribution is 2.02. The molecule has 0 bridgehead atoms. The first-order chi connectivity index (χ1) is 7.11. The van der Waals surface area contributed by atoms with Gasteiger partial charge in [0, 0.05) is 7.05 Å². The van der Waals surface area contributed by atoms with E-state index < -0.39 is 0 Å². The van der Waals surface area contributed by atoms with Crippen LogP contribution in [0, 0.1) is 12.8 Å². The van der Waals surface area contributed by atoms with Crippen LogP contribution in [0.2, 0.25) is 0 Å². The fourth-order valence-corrected chi connectivity index (χ4v) is 1.14. The largest absolute Gasteiger partial charge is 0.315 e. The maximum Gasteiger partial charge on any atom is 0.156 e. The zero-order valence-corrected chi connectivity index (χ0v) is 9.94. The van der Waals surface area contributed by atoms with Crippen molar-refractivity contribution < 1.29 is 0 Å². The fourth-order valence-electron chi connectivity index (χ4n) is 1.14. The molecule has 3 heteroatoms. The lowest BCUT2D eigenvalue weighted by atomic mass is 10.1. The molecule has 0 saturated carbocycles. The molecular weight excluding hydrogens is 186 g/mol. The van der Waals surface area contributed by atoms with Crippen LogP contribution in [0.3, 0.4) is 0 Å². The number of aryl methyl sites for hydroxylation is 1. The number of nitrogens with zero attached hydrogens (tertiary/aromatic N) is 3. The van der Waals surface area contributed by atoms with Crippen LogP contribution in [-0.2, 0) is 7.05 Å². The second-order valence-electron chi connectivity index (χ2n) is 4.08. The van der Waals surface area contributed by atoms with Gasteiger partial charge in [0.05, 0.1) is 0 Å². The summed E-state index contributed by atoms with van der Waals surface area (Å²) in [5.74, 6) is 2.54. The van der Waals surface area contributed by atoms with Gasteiger partial charge in [-0.15, -0.1) is 10.2 Å². The van der Waals surface area contributed by atoms with Gasteiger partial charge in [0.15, 0.2) is 5.82 Å². The highest BCUT2D eigenvalue weighted by Gasteiger charge is 1.98. The summed E-state index contributed by atoms with van der Waals surface area (Å²) in [6.45, 7) is 6.36. The molecule has 0 atom stereocenters. The third-order valence-corrected chi connectivity index (χ3v) is 2.23. The maximum absolute atomic E-state index is 4.04. The monoisotopic (exact) mass is 205 g/mol. The van der Waals surface area contributed by atoms with Crippen molar-refractivity contribution in [2.45, 2.75) is 27.2 Å². The molecule has 1 aromatic heterocycles. The lowest BCUT2D eigenvalue weighted by Gasteiger charge is -1.95. The number of aromatic nitrogens is 3. The summed E-state index contributed by atoms with van der Waals surface area (Å²) in [7, 11) is 1.97. The number of allylic oxidation sites excluding steroid dienone is 3. The van der Waals surface area contributed by atoms with Crippen molar-refractivity contribution in [3.8, 4) is 0 Å². The molecule has 1 rings (SSSR count). The summed E-state index contributed by atoms with van der Waals surface area (Å²) in [6, 6.07) is 0. The minimum Gasteiger partial charge on any atom is -0.315 e. The number of rotatable bonds is 4. The van der Waals surface area contributed by atoms with E-state index >= 15 is 0 Å². The van der Waals surface area contributed by atoms with E-state index in [4.69, 9.17) is 0 Å². The zero-order valence-electron chi connectivity index (χ0n) is 9.94. The van der Waals surface area contributed by atoms with Crippen LogP contribution >= 0.6 is 0 Å². The number of hydrogen-bond acceptors (Lipinski definition) is 2. The molecule has 82 valence electrons. The Morgan fingerprint density at radius 1 is 1.27 bits per heavy atom. The summed E-state index contributed by atoms with van der Waals surface area (Å²) in [5.41, 5.74) is 0. The zero-order chi connectivity index (χ0) is 11.3. The molecule has 0 unspecified atom stereocenters. The van der Waals surface area contributed by atoms with Crippen LogP contribution in [0.1, 0.15) is 31.9 Å². The SMILES string of the molecule is Cc1nnc(/C=C\C=C/CC(C)C)n1C. The Balaban J connectivity index is 2.51. The quantitative estimate of drug-likeness (QED) is 0.708. The van der Waals surface area contributed by atoms with Gasteiger partial charge in [0.2, 0.25) is 0 Å². The van der Waals surface area contributed by atoms with Gasteiger partial charge < -0.3 is 4.57 Å². The molecule has 0 saturated heterocycles. The minimum absolute atomic E-state index is 0.715. The third-order valence-electron chi connectivity index (χ3n) is 2.23. The van der Waals surface area contributed by atoms with Crippen molar-refractivity contribution in [3.63, 3.8) is 0 Å². The predicted molar refractivity (Wildman–Crippen MR) is 63.4 cm³/mol. The van der Waals surface area contributed by atoms with Gasteiger partial charge in [-0.3, -0.25) is 0 Å². The van der Waals surface area contributed by atoms with Gasteiger partial charge in [0.25, 0.3) is 0 Å². The van der Waals surface area contributed by atoms with Gasteiger partial charge in [-0.1, -0.05) is 32.1 Å². The van der Waals surface area contributed by atoms with E-state index in [0.29, 0.717) is 5.92 Å². The van der Waals surface area contributed by atoms with Crippen molar-refractivity contribution in [1.82, 2.24) is 14.8 Å². The average Bonchev–Trinajstić information content (AvgIpc) is 2.48. The summed E-state index contributed by atoms with van der Waals surface area (Å²) < 4.78 is 1.97. The van der Waals surface area contributed by atoms with E-state index in [9.17, 15) is 0 Å². The van der Waals surface area contributed by atoms with Crippen molar-refractivity contribution in [3.05, 3.63) is 29.9 Å². The highest BCUT2D eigenvalue weighted by molar-refractivity contribution is 5.42. The molecule has 0 aliphatic carbocycles. The Morgan fingerprint density at radius 3 is 2.53 bits per heavy atom. The second kappa shape index (κ2) is 5.49. The average molecular weight is 205 g/mol. The van der Waals surface area contributed by atoms with E-state index in [1.54, 1.807) is 0 Å². The lowest BCUT2D eigenvalue weighted by molar-refractivity contribution is 0.664. The summed E-state index contributed by atoms with van der Waals surface area (Å²) >= 11 is 0. The molecule has 0 N–H and O–H groups in total. The van der Waals surface area contributed by atoms with Crippen molar-refractivity contribution in [2.24, 2.45) is 13.0 Å². The Labute approximate surface area is 91.5 Å². The topological polar surface area (TPSA) is 30.7 Å². The van der Waals surface area contributed by atoms with E-state index in [1.165, 1.54) is 0 Å². The maximum atomic E-state index is 4.04. The molecule has 1 heterocycles. The van der Waals surface area contributed by atoms with Gasteiger partial charge in [-0.05, 0) is 25.3 Å². The predicted octanol–water partition coefficient (Wildman–Crippen LogP) is 2.74. The number of hydrogen-bond donors (Lipinski definition) is 0. The highest BCUT2D eigenvalue weighted by atomic mass is 15.3. The molecular formula is C12H19N3. The van der Waals surface area contributed by atoms with Crippen LogP contribution in [0.15, 0.2) is 18.2 Å². The molecule has 0 amide bonds. The molecule has 0 aromatic carbocycles. The summed E-state index contributed by atoms with van der Waals surface area (Å²) in [6.07, 6.45) is 9.32. The Bertz CT molecular complexity index is 359. The van der Waals surface area contributed by atoms with Crippen molar-refractivity contribution in [2.75, 3.05) is 0 Å². The van der Waals surface area contributed by atoms with Crippen LogP contribution in [-0.4, -0.2) is 14.8 Å². The Kier molecular flexibility index (Phi) is 4.28. The molecule has 0 fully saturated rings. The van der Waals surface area contributed by atoms with E-state index in [-0.39, 0.29) is 0 Å². The first-order valence-electron chi connectivity index (χ1n) is 5.30. The minimum atomic E-state index is 0.715. The van der Waals surface area contributed by atoms with Crippen LogP contribution in [0.4, 0.5) is 0 Å². The Hall–Kier alpha value is -1.38. The van der Waals surface area contributed by atoms with Gasteiger partial charge >= 0.3 is 0 Å². The van der Waals surface area contributed by atoms with Crippen molar-refractivity contribution in [1.29, 1.82) is 0 Å². The standard InChI is InChI=1S/C12H19N3/c1-10(2)8-6-5-7-9-12-14-13-11(3)15(12)4/h5-7,9-10H,8H2,1-4H3/b6-5-,9-7-. The van der Waals surface area contributed by atoms with Crippen LogP contribution in [0.25, 0.3) is 6.08 Å². The van der Waals surface area contributed by atoms with E-state index in [2.05, 4.69) is 36.2 Å². The molecule has 3 nitrogen and oxygen atoms in total. The smallest absolute Gasteiger partial charge is 0.156 e. The normalized spacial score (nSPS) is 12.3. The molecule has 0 spiro atoms. The molecule has 0 aliphatic heterocycles. The van der Waals surface area contributed by atoms with Crippen LogP contribution < -0.4 is 0 Å². The second-order valence-corrected chi connectivity index (χ2v) is 4.08. The van der Waals surface area contributed by atoms with Gasteiger partial charge in [-0.2, -0.15) is 0 Å². The molecule has 0 radical (unpaired) electrons.